The Balaban J connectivity index is 2.21. The van der Waals surface area contributed by atoms with Gasteiger partial charge in [-0.1, -0.05) is 63.4 Å². The third kappa shape index (κ3) is 2.72. The van der Waals surface area contributed by atoms with E-state index in [2.05, 4.69) is 57.3 Å². The number of aryl methyl sites for hydroxylation is 1. The van der Waals surface area contributed by atoms with Gasteiger partial charge in [-0.3, -0.25) is 0 Å². The third-order valence-electron chi connectivity index (χ3n) is 5.30. The molecule has 0 aliphatic heterocycles. The number of likely N-dealkylation sites (N-methyl/N-ethyl adjacent to an activating group) is 1. The summed E-state index contributed by atoms with van der Waals surface area (Å²) in [5, 5.41) is 3.59. The normalized spacial score (nSPS) is 20.0. The largest absolute Gasteiger partial charge is 0.316 e. The monoisotopic (exact) mass is 259 g/mol. The fourth-order valence-electron chi connectivity index (χ4n) is 3.84. The van der Waals surface area contributed by atoms with Crippen molar-refractivity contribution in [1.29, 1.82) is 0 Å². The Hall–Kier alpha value is -0.820. The van der Waals surface area contributed by atoms with Gasteiger partial charge >= 0.3 is 0 Å². The van der Waals surface area contributed by atoms with Gasteiger partial charge in [-0.15, -0.1) is 0 Å². The first-order chi connectivity index (χ1) is 9.10. The van der Waals surface area contributed by atoms with Crippen LogP contribution in [0, 0.1) is 12.3 Å². The number of hydrogen-bond acceptors (Lipinski definition) is 1. The molecule has 1 heteroatoms. The van der Waals surface area contributed by atoms with Crippen LogP contribution in [-0.2, 0) is 5.41 Å². The van der Waals surface area contributed by atoms with E-state index in [1.807, 2.05) is 0 Å². The summed E-state index contributed by atoms with van der Waals surface area (Å²) in [7, 11) is 0. The Morgan fingerprint density at radius 3 is 2.05 bits per heavy atom. The highest BCUT2D eigenvalue weighted by molar-refractivity contribution is 5.33. The van der Waals surface area contributed by atoms with E-state index in [4.69, 9.17) is 0 Å². The molecule has 0 amide bonds. The first-order valence-electron chi connectivity index (χ1n) is 7.87. The Morgan fingerprint density at radius 2 is 1.58 bits per heavy atom. The molecule has 1 aliphatic rings. The third-order valence-corrected chi connectivity index (χ3v) is 5.30. The van der Waals surface area contributed by atoms with Crippen LogP contribution in [0.5, 0.6) is 0 Å². The summed E-state index contributed by atoms with van der Waals surface area (Å²) >= 11 is 0. The van der Waals surface area contributed by atoms with Gasteiger partial charge in [0.25, 0.3) is 0 Å². The zero-order chi connectivity index (χ0) is 13.9. The molecular weight excluding hydrogens is 230 g/mol. The molecule has 1 saturated carbocycles. The summed E-state index contributed by atoms with van der Waals surface area (Å²) in [5.74, 6) is 0. The molecule has 106 valence electrons. The molecule has 2 rings (SSSR count). The van der Waals surface area contributed by atoms with Gasteiger partial charge < -0.3 is 5.32 Å². The lowest BCUT2D eigenvalue weighted by Crippen LogP contribution is -2.54. The minimum Gasteiger partial charge on any atom is -0.316 e. The first-order valence-corrected chi connectivity index (χ1v) is 7.87. The van der Waals surface area contributed by atoms with E-state index in [1.54, 1.807) is 0 Å². The van der Waals surface area contributed by atoms with Crippen molar-refractivity contribution >= 4 is 0 Å². The molecule has 0 radical (unpaired) electrons. The molecule has 0 spiro atoms. The second kappa shape index (κ2) is 5.66. The molecular formula is C18H29N. The Kier molecular flexibility index (Phi) is 4.35. The smallest absolute Gasteiger partial charge is 0.00883 e. The zero-order valence-corrected chi connectivity index (χ0v) is 13.1. The molecule has 0 atom stereocenters. The molecule has 1 N–H and O–H groups in total. The second-order valence-corrected chi connectivity index (χ2v) is 6.49. The topological polar surface area (TPSA) is 12.0 Å². The van der Waals surface area contributed by atoms with Crippen LogP contribution < -0.4 is 5.32 Å². The highest BCUT2D eigenvalue weighted by Crippen LogP contribution is 2.58. The fourth-order valence-corrected chi connectivity index (χ4v) is 3.84. The van der Waals surface area contributed by atoms with Gasteiger partial charge in [0.1, 0.15) is 0 Å². The Bertz CT molecular complexity index is 392. The van der Waals surface area contributed by atoms with Crippen LogP contribution in [0.2, 0.25) is 0 Å². The van der Waals surface area contributed by atoms with Crippen molar-refractivity contribution in [3.63, 3.8) is 0 Å². The first kappa shape index (κ1) is 14.6. The van der Waals surface area contributed by atoms with Crippen molar-refractivity contribution in [2.24, 2.45) is 5.41 Å². The van der Waals surface area contributed by atoms with Crippen LogP contribution in [0.1, 0.15) is 57.6 Å². The molecule has 1 aromatic carbocycles. The molecule has 0 aromatic heterocycles. The predicted molar refractivity (Wildman–Crippen MR) is 83.6 cm³/mol. The van der Waals surface area contributed by atoms with Crippen LogP contribution in [0.4, 0.5) is 0 Å². The van der Waals surface area contributed by atoms with Gasteiger partial charge in [-0.25, -0.2) is 0 Å². The summed E-state index contributed by atoms with van der Waals surface area (Å²) in [6.45, 7) is 11.3. The molecule has 0 unspecified atom stereocenters. The molecule has 19 heavy (non-hydrogen) atoms. The van der Waals surface area contributed by atoms with Crippen LogP contribution in [-0.4, -0.2) is 13.1 Å². The number of rotatable bonds is 6. The molecule has 1 nitrogen and oxygen atoms in total. The van der Waals surface area contributed by atoms with E-state index >= 15 is 0 Å². The van der Waals surface area contributed by atoms with Gasteiger partial charge in [0, 0.05) is 12.0 Å². The van der Waals surface area contributed by atoms with Crippen molar-refractivity contribution in [3.8, 4) is 0 Å². The SMILES string of the molecule is CCNCC1(c2ccc(C)cc2)CC(CC)(CC)C1. The summed E-state index contributed by atoms with van der Waals surface area (Å²) in [6.07, 6.45) is 5.35. The van der Waals surface area contributed by atoms with Crippen molar-refractivity contribution < 1.29 is 0 Å². The average Bonchev–Trinajstić information content (AvgIpc) is 2.40. The van der Waals surface area contributed by atoms with E-state index in [9.17, 15) is 0 Å². The van der Waals surface area contributed by atoms with Gasteiger partial charge in [0.2, 0.25) is 0 Å². The van der Waals surface area contributed by atoms with E-state index in [0.717, 1.165) is 13.1 Å². The average molecular weight is 259 g/mol. The number of nitrogens with one attached hydrogen (secondary N) is 1. The maximum absolute atomic E-state index is 3.59. The second-order valence-electron chi connectivity index (χ2n) is 6.49. The molecule has 1 aliphatic carbocycles. The lowest BCUT2D eigenvalue weighted by molar-refractivity contribution is 0.0132. The van der Waals surface area contributed by atoms with Crippen LogP contribution in [0.3, 0.4) is 0 Å². The lowest BCUT2D eigenvalue weighted by atomic mass is 9.48. The molecule has 1 aromatic rings. The van der Waals surface area contributed by atoms with Gasteiger partial charge in [0.15, 0.2) is 0 Å². The van der Waals surface area contributed by atoms with Crippen LogP contribution >= 0.6 is 0 Å². The fraction of sp³-hybridized carbons (Fsp3) is 0.667. The number of hydrogen-bond donors (Lipinski definition) is 1. The standard InChI is InChI=1S/C18H29N/c1-5-17(6-2)12-18(13-17,14-19-7-3)16-10-8-15(4)9-11-16/h8-11,19H,5-7,12-14H2,1-4H3. The quantitative estimate of drug-likeness (QED) is 0.796. The van der Waals surface area contributed by atoms with Crippen LogP contribution in [0.15, 0.2) is 24.3 Å². The minimum atomic E-state index is 0.385. The van der Waals surface area contributed by atoms with Gasteiger partial charge in [0.05, 0.1) is 0 Å². The molecule has 0 bridgehead atoms. The Labute approximate surface area is 118 Å². The maximum Gasteiger partial charge on any atom is 0.00883 e. The maximum atomic E-state index is 3.59. The Morgan fingerprint density at radius 1 is 1.00 bits per heavy atom. The molecule has 0 heterocycles. The highest BCUT2D eigenvalue weighted by atomic mass is 14.9. The van der Waals surface area contributed by atoms with Gasteiger partial charge in [-0.05, 0) is 37.3 Å². The number of benzene rings is 1. The summed E-state index contributed by atoms with van der Waals surface area (Å²) in [4.78, 5) is 0. The summed E-state index contributed by atoms with van der Waals surface area (Å²) in [6, 6.07) is 9.23. The minimum absolute atomic E-state index is 0.385. The van der Waals surface area contributed by atoms with E-state index in [1.165, 1.54) is 36.8 Å². The van der Waals surface area contributed by atoms with Crippen molar-refractivity contribution in [1.82, 2.24) is 5.32 Å². The van der Waals surface area contributed by atoms with E-state index < -0.39 is 0 Å². The van der Waals surface area contributed by atoms with Crippen LogP contribution in [0.25, 0.3) is 0 Å². The summed E-state index contributed by atoms with van der Waals surface area (Å²) < 4.78 is 0. The molecule has 0 saturated heterocycles. The highest BCUT2D eigenvalue weighted by Gasteiger charge is 2.52. The zero-order valence-electron chi connectivity index (χ0n) is 13.1. The predicted octanol–water partition coefficient (Wildman–Crippen LogP) is 4.44. The lowest BCUT2D eigenvalue weighted by Gasteiger charge is -2.57. The van der Waals surface area contributed by atoms with Crippen molar-refractivity contribution in [3.05, 3.63) is 35.4 Å². The summed E-state index contributed by atoms with van der Waals surface area (Å²) in [5.41, 5.74) is 3.88. The van der Waals surface area contributed by atoms with Crippen molar-refractivity contribution in [2.75, 3.05) is 13.1 Å². The van der Waals surface area contributed by atoms with E-state index in [-0.39, 0.29) is 0 Å². The van der Waals surface area contributed by atoms with E-state index in [0.29, 0.717) is 10.8 Å². The van der Waals surface area contributed by atoms with Gasteiger partial charge in [-0.2, -0.15) is 0 Å². The molecule has 1 fully saturated rings. The van der Waals surface area contributed by atoms with Crippen molar-refractivity contribution in [2.45, 2.75) is 58.8 Å².